The zero-order valence-electron chi connectivity index (χ0n) is 15.2. The van der Waals surface area contributed by atoms with Gasteiger partial charge in [-0.2, -0.15) is 5.10 Å². The third-order valence-corrected chi connectivity index (χ3v) is 4.21. The molecule has 0 aliphatic heterocycles. The minimum Gasteiger partial charge on any atom is -0.494 e. The Morgan fingerprint density at radius 2 is 2.00 bits per heavy atom. The first-order valence-corrected chi connectivity index (χ1v) is 9.32. The van der Waals surface area contributed by atoms with Gasteiger partial charge in [-0.1, -0.05) is 19.4 Å². The van der Waals surface area contributed by atoms with Crippen LogP contribution in [0.25, 0.3) is 0 Å². The molecule has 0 aliphatic carbocycles. The van der Waals surface area contributed by atoms with E-state index >= 15 is 0 Å². The van der Waals surface area contributed by atoms with Crippen LogP contribution in [0.15, 0.2) is 40.8 Å². The molecule has 26 heavy (non-hydrogen) atoms. The van der Waals surface area contributed by atoms with E-state index in [9.17, 15) is 9.59 Å². The number of anilines is 1. The van der Waals surface area contributed by atoms with Gasteiger partial charge in [-0.05, 0) is 49.9 Å². The molecular formula is C19H23N3O3S. The second-order valence-electron chi connectivity index (χ2n) is 5.85. The van der Waals surface area contributed by atoms with Crippen LogP contribution >= 0.6 is 11.3 Å². The van der Waals surface area contributed by atoms with E-state index in [2.05, 4.69) is 22.8 Å². The molecule has 0 saturated heterocycles. The number of carbonyl (C=O) groups excluding carboxylic acids is 2. The number of hydrazone groups is 1. The largest absolute Gasteiger partial charge is 0.494 e. The summed E-state index contributed by atoms with van der Waals surface area (Å²) in [5.41, 5.74) is 4.05. The van der Waals surface area contributed by atoms with Crippen LogP contribution < -0.4 is 15.5 Å². The van der Waals surface area contributed by atoms with Crippen molar-refractivity contribution in [2.75, 3.05) is 11.9 Å². The Balaban J connectivity index is 2.06. The van der Waals surface area contributed by atoms with Crippen molar-refractivity contribution in [3.8, 4) is 5.75 Å². The van der Waals surface area contributed by atoms with E-state index in [1.54, 1.807) is 43.5 Å². The predicted molar refractivity (Wildman–Crippen MR) is 105 cm³/mol. The maximum absolute atomic E-state index is 12.5. The molecular weight excluding hydrogens is 350 g/mol. The third-order valence-electron chi connectivity index (χ3n) is 3.38. The van der Waals surface area contributed by atoms with E-state index < -0.39 is 0 Å². The lowest BCUT2D eigenvalue weighted by Gasteiger charge is -2.09. The maximum atomic E-state index is 12.5. The number of amides is 2. The zero-order chi connectivity index (χ0) is 18.9. The topological polar surface area (TPSA) is 79.8 Å². The highest BCUT2D eigenvalue weighted by Crippen LogP contribution is 2.24. The molecule has 2 N–H and O–H groups in total. The van der Waals surface area contributed by atoms with Crippen molar-refractivity contribution in [2.45, 2.75) is 33.6 Å². The van der Waals surface area contributed by atoms with Crippen LogP contribution in [-0.2, 0) is 0 Å². The Bertz CT molecular complexity index is 795. The van der Waals surface area contributed by atoms with Gasteiger partial charge in [-0.25, -0.2) is 5.43 Å². The zero-order valence-corrected chi connectivity index (χ0v) is 16.0. The maximum Gasteiger partial charge on any atom is 0.274 e. The molecule has 0 bridgehead atoms. The first kappa shape index (κ1) is 19.7. The molecule has 0 saturated carbocycles. The number of nitrogens with zero attached hydrogens (tertiary/aromatic N) is 1. The molecule has 0 radical (unpaired) electrons. The van der Waals surface area contributed by atoms with Gasteiger partial charge in [0, 0.05) is 11.3 Å². The summed E-state index contributed by atoms with van der Waals surface area (Å²) in [5.74, 6) is 0.0000175. The molecule has 0 spiro atoms. The van der Waals surface area contributed by atoms with Gasteiger partial charge in [0.15, 0.2) is 0 Å². The summed E-state index contributed by atoms with van der Waals surface area (Å²) >= 11 is 1.28. The minimum absolute atomic E-state index is 0.294. The number of nitrogens with one attached hydrogen (secondary N) is 2. The number of unbranched alkanes of at least 4 members (excludes halogenated alkanes) is 1. The molecule has 7 heteroatoms. The fourth-order valence-electron chi connectivity index (χ4n) is 2.04. The highest BCUT2D eigenvalue weighted by atomic mass is 32.1. The summed E-state index contributed by atoms with van der Waals surface area (Å²) in [6, 6.07) is 8.65. The second-order valence-corrected chi connectivity index (χ2v) is 6.76. The monoisotopic (exact) mass is 373 g/mol. The van der Waals surface area contributed by atoms with Crippen molar-refractivity contribution in [1.29, 1.82) is 0 Å². The van der Waals surface area contributed by atoms with Crippen molar-refractivity contribution in [3.63, 3.8) is 0 Å². The summed E-state index contributed by atoms with van der Waals surface area (Å²) < 4.78 is 5.63. The summed E-state index contributed by atoms with van der Waals surface area (Å²) in [4.78, 5) is 24.7. The predicted octanol–water partition coefficient (Wildman–Crippen LogP) is 4.30. The first-order valence-electron chi connectivity index (χ1n) is 8.44. The fraction of sp³-hybridized carbons (Fsp3) is 0.316. The number of hydrogen-bond acceptors (Lipinski definition) is 5. The van der Waals surface area contributed by atoms with E-state index in [-0.39, 0.29) is 11.8 Å². The molecule has 1 aromatic heterocycles. The van der Waals surface area contributed by atoms with Crippen molar-refractivity contribution >= 4 is 33.9 Å². The third kappa shape index (κ3) is 5.70. The normalized spacial score (nSPS) is 10.1. The number of thiophene rings is 1. The van der Waals surface area contributed by atoms with Gasteiger partial charge in [-0.3, -0.25) is 9.59 Å². The molecule has 138 valence electrons. The number of hydrogen-bond donors (Lipinski definition) is 2. The summed E-state index contributed by atoms with van der Waals surface area (Å²) in [5, 5.41) is 8.91. The highest BCUT2D eigenvalue weighted by Gasteiger charge is 2.16. The summed E-state index contributed by atoms with van der Waals surface area (Å²) in [6.45, 7) is 6.28. The lowest BCUT2D eigenvalue weighted by Crippen LogP contribution is -2.20. The molecule has 0 atom stereocenters. The Kier molecular flexibility index (Phi) is 7.35. The van der Waals surface area contributed by atoms with Crippen molar-refractivity contribution in [2.24, 2.45) is 5.10 Å². The van der Waals surface area contributed by atoms with E-state index in [4.69, 9.17) is 4.74 Å². The number of benzene rings is 1. The van der Waals surface area contributed by atoms with Gasteiger partial charge in [-0.15, -0.1) is 11.3 Å². The Morgan fingerprint density at radius 1 is 1.19 bits per heavy atom. The van der Waals surface area contributed by atoms with Crippen molar-refractivity contribution in [3.05, 3.63) is 46.8 Å². The van der Waals surface area contributed by atoms with Crippen LogP contribution in [0.2, 0.25) is 0 Å². The molecule has 6 nitrogen and oxygen atoms in total. The average Bonchev–Trinajstić information content (AvgIpc) is 3.08. The number of rotatable bonds is 8. The van der Waals surface area contributed by atoms with E-state index in [0.717, 1.165) is 18.6 Å². The van der Waals surface area contributed by atoms with Gasteiger partial charge < -0.3 is 10.1 Å². The Labute approximate surface area is 157 Å². The molecule has 0 aliphatic rings. The molecule has 0 unspecified atom stereocenters. The van der Waals surface area contributed by atoms with Crippen LogP contribution in [0.4, 0.5) is 5.00 Å². The Hall–Kier alpha value is -2.67. The van der Waals surface area contributed by atoms with E-state index in [1.807, 2.05) is 6.07 Å². The lowest BCUT2D eigenvalue weighted by atomic mass is 10.2. The molecule has 0 fully saturated rings. The van der Waals surface area contributed by atoms with Gasteiger partial charge in [0.25, 0.3) is 11.8 Å². The molecule has 1 aromatic carbocycles. The average molecular weight is 373 g/mol. The Morgan fingerprint density at radius 3 is 2.73 bits per heavy atom. The van der Waals surface area contributed by atoms with Gasteiger partial charge in [0.2, 0.25) is 0 Å². The summed E-state index contributed by atoms with van der Waals surface area (Å²) in [7, 11) is 0. The van der Waals surface area contributed by atoms with Gasteiger partial charge in [0.05, 0.1) is 12.2 Å². The molecule has 2 rings (SSSR count). The number of ether oxygens (including phenoxy) is 1. The van der Waals surface area contributed by atoms with Gasteiger partial charge >= 0.3 is 0 Å². The minimum atomic E-state index is -0.362. The van der Waals surface area contributed by atoms with Crippen molar-refractivity contribution in [1.82, 2.24) is 5.43 Å². The standard InChI is InChI=1S/C19H23N3O3S/c1-4-5-10-25-15-8-6-7-14(12-15)17(23)20-19-16(9-11-26-19)18(24)22-21-13(2)3/h6-9,11-12H,4-5,10H2,1-3H3,(H,20,23)(H,22,24). The van der Waals surface area contributed by atoms with Crippen LogP contribution in [-0.4, -0.2) is 24.1 Å². The van der Waals surface area contributed by atoms with E-state index in [0.29, 0.717) is 28.5 Å². The first-order chi connectivity index (χ1) is 12.5. The van der Waals surface area contributed by atoms with Crippen LogP contribution in [0.3, 0.4) is 0 Å². The second kappa shape index (κ2) is 9.72. The molecule has 2 aromatic rings. The SMILES string of the molecule is CCCCOc1cccc(C(=O)Nc2sccc2C(=O)NN=C(C)C)c1. The lowest BCUT2D eigenvalue weighted by molar-refractivity contribution is 0.0956. The summed E-state index contributed by atoms with van der Waals surface area (Å²) in [6.07, 6.45) is 2.01. The smallest absolute Gasteiger partial charge is 0.274 e. The molecule has 1 heterocycles. The van der Waals surface area contributed by atoms with Crippen LogP contribution in [0.5, 0.6) is 5.75 Å². The van der Waals surface area contributed by atoms with Crippen LogP contribution in [0, 0.1) is 0 Å². The van der Waals surface area contributed by atoms with E-state index in [1.165, 1.54) is 11.3 Å². The quantitative estimate of drug-likeness (QED) is 0.411. The number of carbonyl (C=O) groups is 2. The fourth-order valence-corrected chi connectivity index (χ4v) is 2.82. The van der Waals surface area contributed by atoms with Gasteiger partial charge in [0.1, 0.15) is 10.8 Å². The molecule has 2 amide bonds. The highest BCUT2D eigenvalue weighted by molar-refractivity contribution is 7.14. The van der Waals surface area contributed by atoms with Crippen LogP contribution in [0.1, 0.15) is 54.3 Å². The van der Waals surface area contributed by atoms with Crippen molar-refractivity contribution < 1.29 is 14.3 Å².